The average Bonchev–Trinajstić information content (AvgIpc) is 3.93. The molecule has 0 saturated heterocycles. The van der Waals surface area contributed by atoms with Crippen molar-refractivity contribution in [3.63, 3.8) is 0 Å². The highest BCUT2D eigenvalue weighted by Crippen LogP contribution is 2.50. The Hall–Kier alpha value is -3.67. The highest BCUT2D eigenvalue weighted by atomic mass is 32.1. The minimum Gasteiger partial charge on any atom is -0.206 e. The smallest absolute Gasteiger partial charge is 0.132 e. The summed E-state index contributed by atoms with van der Waals surface area (Å²) in [5.74, 6) is 1.41. The van der Waals surface area contributed by atoms with Gasteiger partial charge in [-0.3, -0.25) is 0 Å². The summed E-state index contributed by atoms with van der Waals surface area (Å²) in [7, 11) is 0. The van der Waals surface area contributed by atoms with Crippen LogP contribution in [-0.2, 0) is 18.3 Å². The summed E-state index contributed by atoms with van der Waals surface area (Å²) in [6.07, 6.45) is 14.7. The van der Waals surface area contributed by atoms with Crippen molar-refractivity contribution in [3.05, 3.63) is 107 Å². The number of hydrogen-bond donors (Lipinski definition) is 0. The Balaban J connectivity index is 1.11. The van der Waals surface area contributed by atoms with E-state index in [1.165, 1.54) is 103 Å². The van der Waals surface area contributed by atoms with Crippen molar-refractivity contribution in [2.24, 2.45) is 11.8 Å². The summed E-state index contributed by atoms with van der Waals surface area (Å²) in [6.45, 7) is 13.9. The first-order valence-electron chi connectivity index (χ1n) is 20.7. The highest BCUT2D eigenvalue weighted by molar-refractivity contribution is 7.19. The molecule has 2 atom stereocenters. The third-order valence-electron chi connectivity index (χ3n) is 12.4. The normalized spacial score (nSPS) is 14.4. The van der Waals surface area contributed by atoms with Crippen LogP contribution in [0.3, 0.4) is 0 Å². The lowest BCUT2D eigenvalue weighted by molar-refractivity contribution is 0.421. The quantitative estimate of drug-likeness (QED) is 0.0926. The summed E-state index contributed by atoms with van der Waals surface area (Å²) < 4.78 is 25.2. The van der Waals surface area contributed by atoms with E-state index in [1.807, 2.05) is 6.07 Å². The Morgan fingerprint density at radius 2 is 1.09 bits per heavy atom. The maximum Gasteiger partial charge on any atom is 0.132 e. The SMILES string of the molecule is CCCCC(CC)CCc1ccc(-c2ccc(-c3ccc(-c4ccc5c(c4)C(C)(C)c4cc(CCC(CC)CCCC)ccc4-5)c4nsnc34)s2)c(F)c1. The molecule has 2 nitrogen and oxygen atoms in total. The van der Waals surface area contributed by atoms with Gasteiger partial charge in [0.1, 0.15) is 16.9 Å². The van der Waals surface area contributed by atoms with Crippen molar-refractivity contribution < 1.29 is 4.39 Å². The summed E-state index contributed by atoms with van der Waals surface area (Å²) >= 11 is 2.89. The van der Waals surface area contributed by atoms with Gasteiger partial charge in [0.15, 0.2) is 0 Å². The topological polar surface area (TPSA) is 25.8 Å². The number of fused-ring (bicyclic) bond motifs is 4. The molecule has 6 aromatic rings. The highest BCUT2D eigenvalue weighted by Gasteiger charge is 2.36. The van der Waals surface area contributed by atoms with Gasteiger partial charge in [-0.05, 0) is 101 Å². The molecule has 0 N–H and O–H groups in total. The van der Waals surface area contributed by atoms with E-state index < -0.39 is 0 Å². The van der Waals surface area contributed by atoms with Gasteiger partial charge in [0.2, 0.25) is 0 Å². The van der Waals surface area contributed by atoms with E-state index in [0.29, 0.717) is 5.56 Å². The summed E-state index contributed by atoms with van der Waals surface area (Å²) in [5.41, 5.74) is 13.8. The van der Waals surface area contributed by atoms with Gasteiger partial charge in [-0.2, -0.15) is 8.75 Å². The van der Waals surface area contributed by atoms with Crippen LogP contribution in [0.2, 0.25) is 0 Å². The Morgan fingerprint density at radius 1 is 0.574 bits per heavy atom. The van der Waals surface area contributed by atoms with Crippen molar-refractivity contribution in [1.82, 2.24) is 8.75 Å². The fraction of sp³-hybridized carbons (Fsp3) is 0.429. The predicted octanol–water partition coefficient (Wildman–Crippen LogP) is 15.5. The van der Waals surface area contributed by atoms with Gasteiger partial charge in [0, 0.05) is 31.9 Å². The maximum absolute atomic E-state index is 15.6. The molecule has 0 bridgehead atoms. The molecule has 282 valence electrons. The van der Waals surface area contributed by atoms with Gasteiger partial charge in [0.25, 0.3) is 0 Å². The van der Waals surface area contributed by atoms with E-state index in [9.17, 15) is 0 Å². The zero-order valence-corrected chi connectivity index (χ0v) is 34.9. The third-order valence-corrected chi connectivity index (χ3v) is 14.1. The molecule has 1 aliphatic rings. The second-order valence-electron chi connectivity index (χ2n) is 16.3. The number of thiophene rings is 1. The van der Waals surface area contributed by atoms with E-state index in [4.69, 9.17) is 8.75 Å². The third kappa shape index (κ3) is 7.86. The molecule has 4 aromatic carbocycles. The number of nitrogens with zero attached hydrogens (tertiary/aromatic N) is 2. The van der Waals surface area contributed by atoms with Crippen LogP contribution in [0, 0.1) is 17.7 Å². The van der Waals surface area contributed by atoms with Crippen molar-refractivity contribution >= 4 is 34.1 Å². The number of hydrogen-bond acceptors (Lipinski definition) is 4. The number of aryl methyl sites for hydroxylation is 2. The van der Waals surface area contributed by atoms with Gasteiger partial charge >= 0.3 is 0 Å². The lowest BCUT2D eigenvalue weighted by Crippen LogP contribution is -2.15. The van der Waals surface area contributed by atoms with E-state index in [2.05, 4.69) is 108 Å². The molecule has 0 fully saturated rings. The number of unbranched alkanes of at least 4 members (excludes halogenated alkanes) is 2. The van der Waals surface area contributed by atoms with Gasteiger partial charge < -0.3 is 0 Å². The van der Waals surface area contributed by atoms with Crippen LogP contribution < -0.4 is 0 Å². The number of rotatable bonds is 17. The van der Waals surface area contributed by atoms with Crippen LogP contribution in [0.15, 0.2) is 78.9 Å². The van der Waals surface area contributed by atoms with E-state index in [0.717, 1.165) is 68.6 Å². The second kappa shape index (κ2) is 17.0. The Morgan fingerprint density at radius 3 is 1.70 bits per heavy atom. The minimum atomic E-state index is -0.135. The van der Waals surface area contributed by atoms with Gasteiger partial charge in [-0.1, -0.05) is 148 Å². The first-order valence-corrected chi connectivity index (χ1v) is 22.2. The Bertz CT molecular complexity index is 2210. The van der Waals surface area contributed by atoms with E-state index in [-0.39, 0.29) is 11.2 Å². The standard InChI is InChI=1S/C49H57FN2S2/c1-7-11-13-32(9-3)15-17-34-19-22-38-39-24-21-36(31-43(39)49(5,6)42(38)29-34)37-25-26-41(48-47(37)51-54-52-48)46-28-27-45(53-46)40-23-20-35(30-44(40)50)18-16-33(10-4)14-12-8-2/h19-33H,7-18H2,1-6H3. The van der Waals surface area contributed by atoms with Crippen LogP contribution in [0.4, 0.5) is 4.39 Å². The number of halogens is 1. The molecule has 2 unspecified atom stereocenters. The number of aromatic nitrogens is 2. The molecule has 7 rings (SSSR count). The summed E-state index contributed by atoms with van der Waals surface area (Å²) in [5, 5.41) is 0. The molecule has 0 radical (unpaired) electrons. The maximum atomic E-state index is 15.6. The lowest BCUT2D eigenvalue weighted by Gasteiger charge is -2.23. The minimum absolute atomic E-state index is 0.0875. The molecule has 0 saturated carbocycles. The molecular weight excluding hydrogens is 700 g/mol. The van der Waals surface area contributed by atoms with E-state index in [1.54, 1.807) is 17.4 Å². The zero-order valence-electron chi connectivity index (χ0n) is 33.2. The zero-order chi connectivity index (χ0) is 37.8. The number of benzene rings is 4. The van der Waals surface area contributed by atoms with Crippen molar-refractivity contribution in [2.75, 3.05) is 0 Å². The Labute approximate surface area is 331 Å². The first kappa shape index (κ1) is 38.6. The van der Waals surface area contributed by atoms with Crippen LogP contribution in [0.25, 0.3) is 54.2 Å². The molecule has 0 spiro atoms. The van der Waals surface area contributed by atoms with Crippen LogP contribution in [0.5, 0.6) is 0 Å². The first-order chi connectivity index (χ1) is 26.2. The molecule has 0 aliphatic heterocycles. The van der Waals surface area contributed by atoms with Gasteiger partial charge in [-0.15, -0.1) is 11.3 Å². The van der Waals surface area contributed by atoms with Crippen LogP contribution in [0.1, 0.15) is 128 Å². The predicted molar refractivity (Wildman–Crippen MR) is 232 cm³/mol. The van der Waals surface area contributed by atoms with E-state index >= 15 is 4.39 Å². The van der Waals surface area contributed by atoms with Crippen molar-refractivity contribution in [1.29, 1.82) is 0 Å². The fourth-order valence-corrected chi connectivity index (χ4v) is 10.4. The molecular formula is C49H57FN2S2. The summed E-state index contributed by atoms with van der Waals surface area (Å²) in [4.78, 5) is 2.02. The monoisotopic (exact) mass is 756 g/mol. The summed E-state index contributed by atoms with van der Waals surface area (Å²) in [6, 6.07) is 28.6. The largest absolute Gasteiger partial charge is 0.206 e. The molecule has 1 aliphatic carbocycles. The van der Waals surface area contributed by atoms with Gasteiger partial charge in [-0.25, -0.2) is 4.39 Å². The molecule has 54 heavy (non-hydrogen) atoms. The lowest BCUT2D eigenvalue weighted by atomic mass is 9.80. The Kier molecular flexibility index (Phi) is 12.2. The average molecular weight is 757 g/mol. The van der Waals surface area contributed by atoms with Crippen molar-refractivity contribution in [2.45, 2.75) is 124 Å². The molecule has 2 aromatic heterocycles. The van der Waals surface area contributed by atoms with Crippen molar-refractivity contribution in [3.8, 4) is 43.1 Å². The van der Waals surface area contributed by atoms with Gasteiger partial charge in [0.05, 0.1) is 11.7 Å². The molecule has 5 heteroatoms. The molecule has 2 heterocycles. The van der Waals surface area contributed by atoms with Crippen LogP contribution >= 0.6 is 23.1 Å². The van der Waals surface area contributed by atoms with Crippen LogP contribution in [-0.4, -0.2) is 8.75 Å². The fourth-order valence-electron chi connectivity index (χ4n) is 8.78. The second-order valence-corrected chi connectivity index (χ2v) is 17.9. The molecule has 0 amide bonds.